The van der Waals surface area contributed by atoms with Crippen LogP contribution >= 0.6 is 0 Å². The van der Waals surface area contributed by atoms with Crippen molar-refractivity contribution in [2.75, 3.05) is 19.7 Å². The molecule has 1 unspecified atom stereocenters. The highest BCUT2D eigenvalue weighted by Gasteiger charge is 2.51. The quantitative estimate of drug-likeness (QED) is 0.715. The van der Waals surface area contributed by atoms with Crippen LogP contribution in [0.4, 0.5) is 4.79 Å². The Morgan fingerprint density at radius 2 is 2.19 bits per heavy atom. The van der Waals surface area contributed by atoms with E-state index in [1.807, 2.05) is 6.92 Å². The standard InChI is InChI=1S/C14H21N3O4/c1-2-21-10-5-9(6-10)7-11(18)17-4-3-14(8-17)12(19)15-13(20)16-14/h9-10H,2-8H2,1H3,(H2,15,16,19,20). The second kappa shape index (κ2) is 5.29. The molecule has 1 spiro atoms. The van der Waals surface area contributed by atoms with Gasteiger partial charge in [0.05, 0.1) is 12.6 Å². The third-order valence-corrected chi connectivity index (χ3v) is 4.69. The van der Waals surface area contributed by atoms with Gasteiger partial charge in [-0.1, -0.05) is 0 Å². The van der Waals surface area contributed by atoms with E-state index in [1.54, 1.807) is 4.90 Å². The Bertz CT molecular complexity index is 475. The van der Waals surface area contributed by atoms with Gasteiger partial charge in [-0.05, 0) is 32.1 Å². The van der Waals surface area contributed by atoms with Gasteiger partial charge in [0.15, 0.2) is 0 Å². The smallest absolute Gasteiger partial charge is 0.322 e. The number of urea groups is 1. The summed E-state index contributed by atoms with van der Waals surface area (Å²) in [5, 5.41) is 4.90. The number of carbonyl (C=O) groups excluding carboxylic acids is 3. The number of likely N-dealkylation sites (tertiary alicyclic amines) is 1. The largest absolute Gasteiger partial charge is 0.378 e. The van der Waals surface area contributed by atoms with Crippen LogP contribution in [0.2, 0.25) is 0 Å². The Labute approximate surface area is 123 Å². The van der Waals surface area contributed by atoms with Crippen LogP contribution in [0.5, 0.6) is 0 Å². The second-order valence-electron chi connectivity index (χ2n) is 6.17. The maximum atomic E-state index is 12.3. The molecule has 0 bridgehead atoms. The Balaban J connectivity index is 1.49. The zero-order valence-corrected chi connectivity index (χ0v) is 12.2. The van der Waals surface area contributed by atoms with Gasteiger partial charge in [-0.25, -0.2) is 4.79 Å². The molecule has 0 radical (unpaired) electrons. The highest BCUT2D eigenvalue weighted by molar-refractivity contribution is 6.07. The lowest BCUT2D eigenvalue weighted by atomic mass is 9.80. The summed E-state index contributed by atoms with van der Waals surface area (Å²) < 4.78 is 5.49. The molecule has 1 aliphatic carbocycles. The maximum absolute atomic E-state index is 12.3. The number of hydrogen-bond donors (Lipinski definition) is 2. The Morgan fingerprint density at radius 1 is 1.43 bits per heavy atom. The summed E-state index contributed by atoms with van der Waals surface area (Å²) >= 11 is 0. The fourth-order valence-corrected chi connectivity index (χ4v) is 3.43. The van der Waals surface area contributed by atoms with E-state index in [0.29, 0.717) is 31.4 Å². The lowest BCUT2D eigenvalue weighted by Crippen LogP contribution is -2.49. The van der Waals surface area contributed by atoms with E-state index in [0.717, 1.165) is 19.4 Å². The number of carbonyl (C=O) groups is 3. The number of nitrogens with one attached hydrogen (secondary N) is 2. The molecule has 116 valence electrons. The first-order valence-electron chi connectivity index (χ1n) is 7.55. The fraction of sp³-hybridized carbons (Fsp3) is 0.786. The van der Waals surface area contributed by atoms with Crippen LogP contribution in [0.25, 0.3) is 0 Å². The van der Waals surface area contributed by atoms with Gasteiger partial charge in [0, 0.05) is 19.6 Å². The SMILES string of the molecule is CCOC1CC(CC(=O)N2CCC3(C2)NC(=O)NC3=O)C1. The maximum Gasteiger partial charge on any atom is 0.322 e. The van der Waals surface area contributed by atoms with Crippen LogP contribution in [0.15, 0.2) is 0 Å². The van der Waals surface area contributed by atoms with E-state index < -0.39 is 11.6 Å². The Hall–Kier alpha value is -1.63. The molecule has 1 saturated carbocycles. The summed E-state index contributed by atoms with van der Waals surface area (Å²) in [6.07, 6.45) is 3.18. The molecule has 2 saturated heterocycles. The van der Waals surface area contributed by atoms with Crippen molar-refractivity contribution in [2.24, 2.45) is 5.92 Å². The number of hydrogen-bond acceptors (Lipinski definition) is 4. The van der Waals surface area contributed by atoms with Crippen molar-refractivity contribution in [1.29, 1.82) is 0 Å². The highest BCUT2D eigenvalue weighted by atomic mass is 16.5. The van der Waals surface area contributed by atoms with Crippen molar-refractivity contribution < 1.29 is 19.1 Å². The summed E-state index contributed by atoms with van der Waals surface area (Å²) in [7, 11) is 0. The van der Waals surface area contributed by atoms with Crippen LogP contribution in [0.1, 0.15) is 32.6 Å². The van der Waals surface area contributed by atoms with E-state index in [2.05, 4.69) is 10.6 Å². The fourth-order valence-electron chi connectivity index (χ4n) is 3.43. The van der Waals surface area contributed by atoms with Crippen molar-refractivity contribution in [2.45, 2.75) is 44.2 Å². The minimum atomic E-state index is -0.903. The van der Waals surface area contributed by atoms with E-state index in [4.69, 9.17) is 4.74 Å². The third-order valence-electron chi connectivity index (χ3n) is 4.69. The highest BCUT2D eigenvalue weighted by Crippen LogP contribution is 2.34. The van der Waals surface area contributed by atoms with Crippen LogP contribution < -0.4 is 10.6 Å². The number of ether oxygens (including phenoxy) is 1. The van der Waals surface area contributed by atoms with Crippen molar-refractivity contribution in [3.63, 3.8) is 0 Å². The van der Waals surface area contributed by atoms with Crippen LogP contribution in [0.3, 0.4) is 0 Å². The first-order chi connectivity index (χ1) is 10.0. The molecule has 0 aromatic heterocycles. The zero-order chi connectivity index (χ0) is 15.0. The topological polar surface area (TPSA) is 87.7 Å². The van der Waals surface area contributed by atoms with E-state index >= 15 is 0 Å². The summed E-state index contributed by atoms with van der Waals surface area (Å²) in [6, 6.07) is -0.465. The van der Waals surface area contributed by atoms with Gasteiger partial charge in [-0.15, -0.1) is 0 Å². The predicted octanol–water partition coefficient (Wildman–Crippen LogP) is 0.00210. The lowest BCUT2D eigenvalue weighted by Gasteiger charge is -2.35. The molecule has 0 aromatic rings. The molecule has 21 heavy (non-hydrogen) atoms. The first-order valence-corrected chi connectivity index (χ1v) is 7.55. The average molecular weight is 295 g/mol. The molecule has 2 heterocycles. The van der Waals surface area contributed by atoms with Crippen molar-refractivity contribution in [3.8, 4) is 0 Å². The molecule has 3 rings (SSSR count). The Kier molecular flexibility index (Phi) is 3.61. The van der Waals surface area contributed by atoms with Crippen LogP contribution in [0, 0.1) is 5.92 Å². The summed E-state index contributed by atoms with van der Waals surface area (Å²) in [6.45, 7) is 3.50. The Morgan fingerprint density at radius 3 is 2.81 bits per heavy atom. The molecular weight excluding hydrogens is 274 g/mol. The summed E-state index contributed by atoms with van der Waals surface area (Å²) in [5.41, 5.74) is -0.903. The van der Waals surface area contributed by atoms with E-state index in [1.165, 1.54) is 0 Å². The molecule has 2 aliphatic heterocycles. The van der Waals surface area contributed by atoms with Gasteiger partial charge in [0.2, 0.25) is 5.91 Å². The monoisotopic (exact) mass is 295 g/mol. The summed E-state index contributed by atoms with van der Waals surface area (Å²) in [4.78, 5) is 37.1. The van der Waals surface area contributed by atoms with Gasteiger partial charge in [0.25, 0.3) is 5.91 Å². The van der Waals surface area contributed by atoms with Crippen LogP contribution in [-0.4, -0.2) is 54.1 Å². The van der Waals surface area contributed by atoms with Crippen molar-refractivity contribution >= 4 is 17.8 Å². The van der Waals surface area contributed by atoms with E-state index in [-0.39, 0.29) is 18.4 Å². The molecule has 0 aromatic carbocycles. The minimum Gasteiger partial charge on any atom is -0.378 e. The zero-order valence-electron chi connectivity index (χ0n) is 12.2. The van der Waals surface area contributed by atoms with Gasteiger partial charge >= 0.3 is 6.03 Å². The molecule has 3 fully saturated rings. The molecule has 7 heteroatoms. The van der Waals surface area contributed by atoms with Crippen LogP contribution in [-0.2, 0) is 14.3 Å². The molecule has 4 amide bonds. The van der Waals surface area contributed by atoms with Gasteiger partial charge < -0.3 is 15.0 Å². The number of imide groups is 1. The van der Waals surface area contributed by atoms with Crippen molar-refractivity contribution in [3.05, 3.63) is 0 Å². The van der Waals surface area contributed by atoms with Crippen molar-refractivity contribution in [1.82, 2.24) is 15.5 Å². The van der Waals surface area contributed by atoms with E-state index in [9.17, 15) is 14.4 Å². The number of nitrogens with zero attached hydrogens (tertiary/aromatic N) is 1. The van der Waals surface area contributed by atoms with Gasteiger partial charge in [0.1, 0.15) is 5.54 Å². The minimum absolute atomic E-state index is 0.0702. The normalized spacial score (nSPS) is 34.8. The first kappa shape index (κ1) is 14.3. The van der Waals surface area contributed by atoms with Gasteiger partial charge in [-0.2, -0.15) is 0 Å². The number of amides is 4. The number of rotatable bonds is 4. The molecule has 2 N–H and O–H groups in total. The molecular formula is C14H21N3O4. The molecule has 7 nitrogen and oxygen atoms in total. The third kappa shape index (κ3) is 2.62. The van der Waals surface area contributed by atoms with Gasteiger partial charge in [-0.3, -0.25) is 14.9 Å². The molecule has 1 atom stereocenters. The average Bonchev–Trinajstić information content (AvgIpc) is 2.92. The summed E-state index contributed by atoms with van der Waals surface area (Å²) in [5.74, 6) is 0.140. The predicted molar refractivity (Wildman–Crippen MR) is 73.4 cm³/mol. The lowest BCUT2D eigenvalue weighted by molar-refractivity contribution is -0.134. The molecule has 3 aliphatic rings. The second-order valence-corrected chi connectivity index (χ2v) is 6.17.